The van der Waals surface area contributed by atoms with Crippen LogP contribution in [0.3, 0.4) is 0 Å². The predicted octanol–water partition coefficient (Wildman–Crippen LogP) is 4.18. The summed E-state index contributed by atoms with van der Waals surface area (Å²) in [5.41, 5.74) is 2.20. The Hall–Kier alpha value is -2.69. The number of ether oxygens (including phenoxy) is 1. The maximum Gasteiger partial charge on any atom is 0.325 e. The predicted molar refractivity (Wildman–Crippen MR) is 98.2 cm³/mol. The Morgan fingerprint density at radius 2 is 1.58 bits per heavy atom. The van der Waals surface area contributed by atoms with Crippen molar-refractivity contribution in [2.75, 3.05) is 6.61 Å². The number of cyclic esters (lactones) is 1. The summed E-state index contributed by atoms with van der Waals surface area (Å²) < 4.78 is 5.45. The molecule has 0 amide bonds. The second kappa shape index (κ2) is 6.24. The number of nitrogens with zero attached hydrogens (tertiary/aromatic N) is 1. The third-order valence-corrected chi connectivity index (χ3v) is 5.29. The average Bonchev–Trinajstić information content (AvgIpc) is 3.15. The van der Waals surface area contributed by atoms with E-state index in [4.69, 9.17) is 9.57 Å². The summed E-state index contributed by atoms with van der Waals surface area (Å²) in [6, 6.07) is 24.3. The van der Waals surface area contributed by atoms with Crippen molar-refractivity contribution in [3.63, 3.8) is 0 Å². The first-order valence-corrected chi connectivity index (χ1v) is 8.95. The fourth-order valence-electron chi connectivity index (χ4n) is 3.91. The highest BCUT2D eigenvalue weighted by Gasteiger charge is 2.47. The summed E-state index contributed by atoms with van der Waals surface area (Å²) in [7, 11) is 0. The Kier molecular flexibility index (Phi) is 3.73. The number of morpholine rings is 1. The van der Waals surface area contributed by atoms with E-state index in [1.54, 1.807) is 0 Å². The number of hydrogen-bond acceptors (Lipinski definition) is 4. The molecule has 0 spiro atoms. The largest absolute Gasteiger partial charge is 0.462 e. The van der Waals surface area contributed by atoms with Gasteiger partial charge in [-0.15, -0.1) is 0 Å². The first-order chi connectivity index (χ1) is 12.8. The van der Waals surface area contributed by atoms with Crippen LogP contribution in [-0.2, 0) is 14.4 Å². The standard InChI is InChI=1S/C22H19NO3/c24-22-19-13-21(18-11-10-15-6-4-5-9-17(15)12-18)26-23(19)20(14-25-22)16-7-2-1-3-8-16/h1-12,19-21H,13-14H2/t19-,20+,21?/m0/s1. The number of hydrogen-bond donors (Lipinski definition) is 0. The molecule has 5 rings (SSSR count). The van der Waals surface area contributed by atoms with Crippen molar-refractivity contribution < 1.29 is 14.4 Å². The van der Waals surface area contributed by atoms with Crippen molar-refractivity contribution in [3.8, 4) is 0 Å². The lowest BCUT2D eigenvalue weighted by Gasteiger charge is -2.34. The zero-order chi connectivity index (χ0) is 17.5. The summed E-state index contributed by atoms with van der Waals surface area (Å²) in [6.45, 7) is 0.323. The minimum absolute atomic E-state index is 0.0654. The fraction of sp³-hybridized carbons (Fsp3) is 0.227. The molecule has 3 aromatic carbocycles. The van der Waals surface area contributed by atoms with Crippen molar-refractivity contribution >= 4 is 16.7 Å². The number of carbonyl (C=O) groups excluding carboxylic acids is 1. The second-order valence-electron chi connectivity index (χ2n) is 6.87. The first-order valence-electron chi connectivity index (χ1n) is 8.95. The van der Waals surface area contributed by atoms with Crippen molar-refractivity contribution in [1.29, 1.82) is 0 Å². The van der Waals surface area contributed by atoms with Gasteiger partial charge in [-0.1, -0.05) is 66.7 Å². The molecule has 0 saturated carbocycles. The quantitative estimate of drug-likeness (QED) is 0.653. The minimum atomic E-state index is -0.356. The SMILES string of the molecule is O=C1OC[C@H](c2ccccc2)N2OC(c3ccc4ccccc4c3)C[C@@H]12. The Morgan fingerprint density at radius 1 is 0.808 bits per heavy atom. The molecule has 3 atom stereocenters. The van der Waals surface area contributed by atoms with Crippen LogP contribution in [0.5, 0.6) is 0 Å². The number of fused-ring (bicyclic) bond motifs is 2. The monoisotopic (exact) mass is 345 g/mol. The summed E-state index contributed by atoms with van der Waals surface area (Å²) in [6.07, 6.45) is 0.474. The zero-order valence-electron chi connectivity index (χ0n) is 14.2. The average molecular weight is 345 g/mol. The first kappa shape index (κ1) is 15.6. The van der Waals surface area contributed by atoms with Crippen LogP contribution < -0.4 is 0 Å². The van der Waals surface area contributed by atoms with E-state index in [1.165, 1.54) is 10.8 Å². The molecule has 0 aromatic heterocycles. The van der Waals surface area contributed by atoms with E-state index in [0.717, 1.165) is 11.1 Å². The van der Waals surface area contributed by atoms with Gasteiger partial charge in [-0.05, 0) is 28.0 Å². The molecule has 2 heterocycles. The van der Waals surface area contributed by atoms with Gasteiger partial charge in [0, 0.05) is 6.42 Å². The number of hydroxylamine groups is 2. The van der Waals surface area contributed by atoms with Crippen molar-refractivity contribution in [3.05, 3.63) is 83.9 Å². The summed E-state index contributed by atoms with van der Waals surface area (Å²) in [5, 5.41) is 4.23. The van der Waals surface area contributed by atoms with Gasteiger partial charge in [0.15, 0.2) is 0 Å². The smallest absolute Gasteiger partial charge is 0.325 e. The molecule has 2 aliphatic heterocycles. The van der Waals surface area contributed by atoms with Gasteiger partial charge in [-0.3, -0.25) is 9.63 Å². The minimum Gasteiger partial charge on any atom is -0.462 e. The van der Waals surface area contributed by atoms with Crippen molar-refractivity contribution in [2.24, 2.45) is 0 Å². The number of esters is 1. The molecule has 2 aliphatic rings. The van der Waals surface area contributed by atoms with Crippen LogP contribution in [0.4, 0.5) is 0 Å². The summed E-state index contributed by atoms with van der Waals surface area (Å²) in [4.78, 5) is 18.6. The molecule has 4 nitrogen and oxygen atoms in total. The molecule has 2 fully saturated rings. The molecular weight excluding hydrogens is 326 g/mol. The van der Waals surface area contributed by atoms with Crippen LogP contribution in [0.15, 0.2) is 72.8 Å². The van der Waals surface area contributed by atoms with Crippen molar-refractivity contribution in [2.45, 2.75) is 24.6 Å². The van der Waals surface area contributed by atoms with Gasteiger partial charge >= 0.3 is 5.97 Å². The maximum absolute atomic E-state index is 12.3. The topological polar surface area (TPSA) is 38.8 Å². The summed E-state index contributed by atoms with van der Waals surface area (Å²) in [5.74, 6) is -0.194. The highest BCUT2D eigenvalue weighted by Crippen LogP contribution is 2.42. The lowest BCUT2D eigenvalue weighted by Crippen LogP contribution is -2.46. The molecule has 0 N–H and O–H groups in total. The van der Waals surface area contributed by atoms with Crippen LogP contribution in [0.25, 0.3) is 10.8 Å². The van der Waals surface area contributed by atoms with Crippen LogP contribution in [0.2, 0.25) is 0 Å². The van der Waals surface area contributed by atoms with E-state index in [1.807, 2.05) is 47.5 Å². The molecular formula is C22H19NO3. The zero-order valence-corrected chi connectivity index (χ0v) is 14.2. The van der Waals surface area contributed by atoms with Gasteiger partial charge in [0.05, 0.1) is 6.04 Å². The highest BCUT2D eigenvalue weighted by molar-refractivity contribution is 5.83. The lowest BCUT2D eigenvalue weighted by atomic mass is 9.98. The van der Waals surface area contributed by atoms with Crippen LogP contribution in [0, 0.1) is 0 Å². The Balaban J connectivity index is 1.47. The number of carbonyl (C=O) groups is 1. The van der Waals surface area contributed by atoms with Crippen molar-refractivity contribution in [1.82, 2.24) is 5.06 Å². The molecule has 1 unspecified atom stereocenters. The van der Waals surface area contributed by atoms with E-state index in [0.29, 0.717) is 13.0 Å². The van der Waals surface area contributed by atoms with E-state index >= 15 is 0 Å². The molecule has 130 valence electrons. The molecule has 0 bridgehead atoms. The number of benzene rings is 3. The molecule has 3 aromatic rings. The van der Waals surface area contributed by atoms with E-state index in [9.17, 15) is 4.79 Å². The maximum atomic E-state index is 12.3. The van der Waals surface area contributed by atoms with Gasteiger partial charge in [0.1, 0.15) is 18.8 Å². The summed E-state index contributed by atoms with van der Waals surface area (Å²) >= 11 is 0. The van der Waals surface area contributed by atoms with Gasteiger partial charge in [-0.2, -0.15) is 5.06 Å². The normalized spacial score (nSPS) is 25.8. The molecule has 2 saturated heterocycles. The third kappa shape index (κ3) is 2.59. The van der Waals surface area contributed by atoms with Crippen LogP contribution in [0.1, 0.15) is 29.7 Å². The molecule has 4 heteroatoms. The van der Waals surface area contributed by atoms with E-state index in [2.05, 4.69) is 30.3 Å². The molecule has 0 aliphatic carbocycles. The second-order valence-corrected chi connectivity index (χ2v) is 6.87. The van der Waals surface area contributed by atoms with E-state index in [-0.39, 0.29) is 24.2 Å². The Morgan fingerprint density at radius 3 is 2.42 bits per heavy atom. The Labute approximate surface area is 151 Å². The molecule has 0 radical (unpaired) electrons. The van der Waals surface area contributed by atoms with Crippen LogP contribution in [-0.4, -0.2) is 23.7 Å². The lowest BCUT2D eigenvalue weighted by molar-refractivity contribution is -0.228. The van der Waals surface area contributed by atoms with Gasteiger partial charge in [0.2, 0.25) is 0 Å². The fourth-order valence-corrected chi connectivity index (χ4v) is 3.91. The molecule has 26 heavy (non-hydrogen) atoms. The Bertz CT molecular complexity index is 956. The van der Waals surface area contributed by atoms with Gasteiger partial charge < -0.3 is 4.74 Å². The van der Waals surface area contributed by atoms with Gasteiger partial charge in [-0.25, -0.2) is 0 Å². The van der Waals surface area contributed by atoms with Crippen LogP contribution >= 0.6 is 0 Å². The third-order valence-electron chi connectivity index (χ3n) is 5.29. The number of rotatable bonds is 2. The van der Waals surface area contributed by atoms with E-state index < -0.39 is 0 Å². The highest BCUT2D eigenvalue weighted by atomic mass is 16.7. The van der Waals surface area contributed by atoms with Gasteiger partial charge in [0.25, 0.3) is 0 Å².